The fraction of sp³-hybridized carbons (Fsp3) is 0.833. The summed E-state index contributed by atoms with van der Waals surface area (Å²) in [4.78, 5) is 10.4. The van der Waals surface area contributed by atoms with Crippen molar-refractivity contribution >= 4 is 16.0 Å². The number of hydrogen-bond donors (Lipinski definition) is 3. The van der Waals surface area contributed by atoms with Gasteiger partial charge in [-0.3, -0.25) is 4.79 Å². The first-order chi connectivity index (χ1) is 5.81. The van der Waals surface area contributed by atoms with Crippen LogP contribution in [0.15, 0.2) is 0 Å². The third kappa shape index (κ3) is 3.71. The average molecular weight is 210 g/mol. The van der Waals surface area contributed by atoms with Crippen LogP contribution in [0, 0.1) is 0 Å². The lowest BCUT2D eigenvalue weighted by molar-refractivity contribution is -0.136. The van der Waals surface area contributed by atoms with Gasteiger partial charge in [-0.2, -0.15) is 0 Å². The van der Waals surface area contributed by atoms with Crippen molar-refractivity contribution < 1.29 is 18.3 Å². The second-order valence-electron chi connectivity index (χ2n) is 2.78. The lowest BCUT2D eigenvalue weighted by Gasteiger charge is -2.14. The third-order valence-electron chi connectivity index (χ3n) is 1.53. The number of nitrogens with one attached hydrogen (secondary N) is 1. The maximum absolute atomic E-state index is 11.2. The number of hydrogen-bond acceptors (Lipinski definition) is 4. The molecule has 78 valence electrons. The Morgan fingerprint density at radius 2 is 2.00 bits per heavy atom. The highest BCUT2D eigenvalue weighted by Crippen LogP contribution is 1.99. The van der Waals surface area contributed by atoms with Gasteiger partial charge in [-0.15, -0.1) is 0 Å². The molecular formula is C6H14N2O4S. The molecule has 0 aliphatic rings. The molecule has 4 N–H and O–H groups in total. The number of nitrogens with two attached hydrogens (primary N) is 1. The molecule has 0 heterocycles. The molecule has 0 aromatic carbocycles. The Labute approximate surface area is 77.2 Å². The van der Waals surface area contributed by atoms with E-state index in [4.69, 9.17) is 10.8 Å². The summed E-state index contributed by atoms with van der Waals surface area (Å²) in [6, 6.07) is -0.452. The van der Waals surface area contributed by atoms with E-state index >= 15 is 0 Å². The standard InChI is InChI=1S/C6H14N2O4S/c1-4(3-7)8-13(11,12)5(2)6(9)10/h4-5,8H,3,7H2,1-2H3,(H,9,10). The van der Waals surface area contributed by atoms with Gasteiger partial charge in [0.15, 0.2) is 5.25 Å². The Morgan fingerprint density at radius 3 is 2.31 bits per heavy atom. The van der Waals surface area contributed by atoms with Crippen LogP contribution in [0.2, 0.25) is 0 Å². The van der Waals surface area contributed by atoms with Gasteiger partial charge in [0.05, 0.1) is 0 Å². The van der Waals surface area contributed by atoms with Gasteiger partial charge in [0.1, 0.15) is 0 Å². The van der Waals surface area contributed by atoms with Crippen molar-refractivity contribution in [1.82, 2.24) is 4.72 Å². The molecule has 2 unspecified atom stereocenters. The Morgan fingerprint density at radius 1 is 1.54 bits per heavy atom. The number of sulfonamides is 1. The second-order valence-corrected chi connectivity index (χ2v) is 4.81. The first-order valence-electron chi connectivity index (χ1n) is 3.75. The topological polar surface area (TPSA) is 109 Å². The maximum atomic E-state index is 11.2. The minimum absolute atomic E-state index is 0.131. The smallest absolute Gasteiger partial charge is 0.323 e. The van der Waals surface area contributed by atoms with Gasteiger partial charge in [0.2, 0.25) is 10.0 Å². The molecule has 0 saturated carbocycles. The van der Waals surface area contributed by atoms with Crippen molar-refractivity contribution in [3.05, 3.63) is 0 Å². The average Bonchev–Trinajstić information content (AvgIpc) is 2.01. The van der Waals surface area contributed by atoms with E-state index in [1.807, 2.05) is 0 Å². The molecule has 2 atom stereocenters. The van der Waals surface area contributed by atoms with Gasteiger partial charge in [-0.05, 0) is 13.8 Å². The molecule has 0 amide bonds. The van der Waals surface area contributed by atoms with E-state index in [1.54, 1.807) is 6.92 Å². The highest BCUT2D eigenvalue weighted by atomic mass is 32.2. The summed E-state index contributed by atoms with van der Waals surface area (Å²) < 4.78 is 24.5. The molecular weight excluding hydrogens is 196 g/mol. The van der Waals surface area contributed by atoms with Gasteiger partial charge >= 0.3 is 5.97 Å². The van der Waals surface area contributed by atoms with E-state index in [2.05, 4.69) is 4.72 Å². The molecule has 0 aromatic rings. The third-order valence-corrected chi connectivity index (χ3v) is 3.40. The van der Waals surface area contributed by atoms with Crippen molar-refractivity contribution in [3.63, 3.8) is 0 Å². The normalized spacial score (nSPS) is 16.5. The molecule has 0 spiro atoms. The van der Waals surface area contributed by atoms with Crippen LogP contribution in [0.3, 0.4) is 0 Å². The minimum Gasteiger partial charge on any atom is -0.480 e. The Bertz CT molecular complexity index is 274. The molecule has 0 saturated heterocycles. The van der Waals surface area contributed by atoms with Gasteiger partial charge in [-0.25, -0.2) is 13.1 Å². The SMILES string of the molecule is CC(CN)NS(=O)(=O)C(C)C(=O)O. The van der Waals surface area contributed by atoms with Gasteiger partial charge < -0.3 is 10.8 Å². The molecule has 6 nitrogen and oxygen atoms in total. The zero-order chi connectivity index (χ0) is 10.6. The quantitative estimate of drug-likeness (QED) is 0.524. The Balaban J connectivity index is 4.50. The maximum Gasteiger partial charge on any atom is 0.323 e. The predicted molar refractivity (Wildman–Crippen MR) is 47.7 cm³/mol. The number of aliphatic carboxylic acids is 1. The first-order valence-corrected chi connectivity index (χ1v) is 5.30. The summed E-state index contributed by atoms with van der Waals surface area (Å²) in [5.74, 6) is -1.38. The van der Waals surface area contributed by atoms with Crippen molar-refractivity contribution in [2.24, 2.45) is 5.73 Å². The number of carbonyl (C=O) groups is 1. The van der Waals surface area contributed by atoms with Crippen LogP contribution in [0.25, 0.3) is 0 Å². The molecule has 7 heteroatoms. The minimum atomic E-state index is -3.80. The van der Waals surface area contributed by atoms with E-state index in [9.17, 15) is 13.2 Å². The Kier molecular flexibility index (Phi) is 4.31. The molecule has 13 heavy (non-hydrogen) atoms. The summed E-state index contributed by atoms with van der Waals surface area (Å²) >= 11 is 0. The van der Waals surface area contributed by atoms with Crippen molar-refractivity contribution in [2.45, 2.75) is 25.1 Å². The van der Waals surface area contributed by atoms with E-state index in [-0.39, 0.29) is 6.54 Å². The summed E-state index contributed by atoms with van der Waals surface area (Å²) in [5.41, 5.74) is 5.18. The predicted octanol–water partition coefficient (Wildman–Crippen LogP) is -1.27. The molecule has 0 aliphatic heterocycles. The van der Waals surface area contributed by atoms with Crippen LogP contribution in [0.4, 0.5) is 0 Å². The van der Waals surface area contributed by atoms with Crippen molar-refractivity contribution in [3.8, 4) is 0 Å². The van der Waals surface area contributed by atoms with Crippen molar-refractivity contribution in [1.29, 1.82) is 0 Å². The summed E-state index contributed by atoms with van der Waals surface area (Å²) in [6.07, 6.45) is 0. The molecule has 0 radical (unpaired) electrons. The monoisotopic (exact) mass is 210 g/mol. The zero-order valence-electron chi connectivity index (χ0n) is 7.52. The molecule has 0 aromatic heterocycles. The summed E-state index contributed by atoms with van der Waals surface area (Å²) in [5, 5.41) is 7.00. The van der Waals surface area contributed by atoms with E-state index in [1.165, 1.54) is 0 Å². The van der Waals surface area contributed by atoms with Crippen LogP contribution in [-0.4, -0.2) is 37.3 Å². The van der Waals surface area contributed by atoms with Crippen LogP contribution in [0.5, 0.6) is 0 Å². The lowest BCUT2D eigenvalue weighted by atomic mass is 10.4. The molecule has 0 bridgehead atoms. The lowest BCUT2D eigenvalue weighted by Crippen LogP contribution is -2.44. The van der Waals surface area contributed by atoms with E-state index in [0.29, 0.717) is 0 Å². The summed E-state index contributed by atoms with van der Waals surface area (Å²) in [6.45, 7) is 2.80. The molecule has 0 rings (SSSR count). The largest absolute Gasteiger partial charge is 0.480 e. The van der Waals surface area contributed by atoms with Gasteiger partial charge in [0, 0.05) is 12.6 Å². The second kappa shape index (κ2) is 4.54. The van der Waals surface area contributed by atoms with E-state index < -0.39 is 27.3 Å². The van der Waals surface area contributed by atoms with Crippen LogP contribution >= 0.6 is 0 Å². The van der Waals surface area contributed by atoms with Gasteiger partial charge in [-0.1, -0.05) is 0 Å². The van der Waals surface area contributed by atoms with Crippen LogP contribution in [-0.2, 0) is 14.8 Å². The number of carboxylic acids is 1. The molecule has 0 aliphatic carbocycles. The number of rotatable bonds is 5. The van der Waals surface area contributed by atoms with Crippen LogP contribution < -0.4 is 10.5 Å². The molecule has 0 fully saturated rings. The fourth-order valence-electron chi connectivity index (χ4n) is 0.563. The van der Waals surface area contributed by atoms with Gasteiger partial charge in [0.25, 0.3) is 0 Å². The van der Waals surface area contributed by atoms with E-state index in [0.717, 1.165) is 6.92 Å². The Hall–Kier alpha value is -0.660. The highest BCUT2D eigenvalue weighted by Gasteiger charge is 2.28. The highest BCUT2D eigenvalue weighted by molar-refractivity contribution is 7.90. The zero-order valence-corrected chi connectivity index (χ0v) is 8.34. The fourth-order valence-corrected chi connectivity index (χ4v) is 1.69. The number of carboxylic acid groups (broad SMARTS) is 1. The van der Waals surface area contributed by atoms with Crippen molar-refractivity contribution in [2.75, 3.05) is 6.54 Å². The first kappa shape index (κ1) is 12.3. The van der Waals surface area contributed by atoms with Crippen LogP contribution in [0.1, 0.15) is 13.8 Å². The summed E-state index contributed by atoms with van der Waals surface area (Å²) in [7, 11) is -3.80.